The molecule has 1 aromatic carbocycles. The summed E-state index contributed by atoms with van der Waals surface area (Å²) in [6.45, 7) is 5.48. The van der Waals surface area contributed by atoms with Crippen molar-refractivity contribution in [3.8, 4) is 0 Å². The van der Waals surface area contributed by atoms with Crippen LogP contribution in [0.4, 0.5) is 10.5 Å². The lowest BCUT2D eigenvalue weighted by atomic mass is 10.1. The van der Waals surface area contributed by atoms with Crippen molar-refractivity contribution < 1.29 is 13.2 Å². The fraction of sp³-hybridized carbons (Fsp3) is 0.333. The lowest BCUT2D eigenvalue weighted by Crippen LogP contribution is -2.33. The number of anilines is 1. The van der Waals surface area contributed by atoms with Gasteiger partial charge in [-0.2, -0.15) is 4.31 Å². The van der Waals surface area contributed by atoms with Crippen LogP contribution >= 0.6 is 0 Å². The van der Waals surface area contributed by atoms with Crippen LogP contribution in [0.1, 0.15) is 32.4 Å². The topological polar surface area (TPSA) is 91.4 Å². The first-order valence-electron chi connectivity index (χ1n) is 8.27. The third-order valence-corrected chi connectivity index (χ3v) is 6.12. The molecule has 8 heteroatoms. The number of aromatic nitrogens is 1. The van der Waals surface area contributed by atoms with Crippen LogP contribution in [0.5, 0.6) is 0 Å². The molecule has 0 aliphatic carbocycles. The molecule has 0 aliphatic heterocycles. The van der Waals surface area contributed by atoms with E-state index in [9.17, 15) is 13.2 Å². The van der Waals surface area contributed by atoms with Gasteiger partial charge in [0.15, 0.2) is 0 Å². The molecule has 140 valence electrons. The summed E-state index contributed by atoms with van der Waals surface area (Å²) >= 11 is 0. The summed E-state index contributed by atoms with van der Waals surface area (Å²) in [5, 5.41) is 5.52. The summed E-state index contributed by atoms with van der Waals surface area (Å²) in [7, 11) is -2.00. The van der Waals surface area contributed by atoms with Crippen LogP contribution in [0.15, 0.2) is 53.7 Å². The molecule has 1 heterocycles. The lowest BCUT2D eigenvalue weighted by Gasteiger charge is -2.21. The minimum absolute atomic E-state index is 0.141. The highest BCUT2D eigenvalue weighted by molar-refractivity contribution is 7.89. The fourth-order valence-electron chi connectivity index (χ4n) is 2.25. The maximum atomic E-state index is 12.4. The number of hydrogen-bond acceptors (Lipinski definition) is 4. The van der Waals surface area contributed by atoms with Crippen molar-refractivity contribution in [3.63, 3.8) is 0 Å². The van der Waals surface area contributed by atoms with E-state index in [-0.39, 0.29) is 23.0 Å². The zero-order valence-electron chi connectivity index (χ0n) is 15.3. The molecule has 7 nitrogen and oxygen atoms in total. The lowest BCUT2D eigenvalue weighted by molar-refractivity contribution is 0.249. The monoisotopic (exact) mass is 376 g/mol. The van der Waals surface area contributed by atoms with Gasteiger partial charge in [0.2, 0.25) is 10.0 Å². The van der Waals surface area contributed by atoms with E-state index in [4.69, 9.17) is 0 Å². The van der Waals surface area contributed by atoms with Crippen LogP contribution in [0.2, 0.25) is 0 Å². The number of sulfonamides is 1. The van der Waals surface area contributed by atoms with Gasteiger partial charge in [0.25, 0.3) is 0 Å². The maximum Gasteiger partial charge on any atom is 0.319 e. The first-order chi connectivity index (χ1) is 12.2. The van der Waals surface area contributed by atoms with Crippen molar-refractivity contribution >= 4 is 21.7 Å². The largest absolute Gasteiger partial charge is 0.331 e. The molecule has 1 aromatic heterocycles. The zero-order valence-corrected chi connectivity index (χ0v) is 16.1. The summed E-state index contributed by atoms with van der Waals surface area (Å²) in [5.41, 5.74) is 1.45. The molecule has 2 N–H and O–H groups in total. The van der Waals surface area contributed by atoms with Crippen molar-refractivity contribution in [1.29, 1.82) is 0 Å². The summed E-state index contributed by atoms with van der Waals surface area (Å²) < 4.78 is 26.2. The highest BCUT2D eigenvalue weighted by atomic mass is 32.2. The standard InChI is InChI=1S/C18H24N4O3S/c1-13(2)22(4)26(24,25)17-7-5-16(6-8-17)21-18(23)20-14(3)15-9-11-19-12-10-15/h5-14H,1-4H3,(H2,20,21,23). The van der Waals surface area contributed by atoms with Crippen molar-refractivity contribution in [2.75, 3.05) is 12.4 Å². The molecule has 2 aromatic rings. The number of carbonyl (C=O) groups is 1. The van der Waals surface area contributed by atoms with Gasteiger partial charge in [-0.3, -0.25) is 4.98 Å². The van der Waals surface area contributed by atoms with Crippen molar-refractivity contribution in [2.45, 2.75) is 37.8 Å². The molecule has 0 radical (unpaired) electrons. The Balaban J connectivity index is 2.02. The van der Waals surface area contributed by atoms with Crippen molar-refractivity contribution in [2.24, 2.45) is 0 Å². The molecule has 1 unspecified atom stereocenters. The average molecular weight is 376 g/mol. The van der Waals surface area contributed by atoms with Gasteiger partial charge >= 0.3 is 6.03 Å². The molecule has 2 amide bonds. The highest BCUT2D eigenvalue weighted by Crippen LogP contribution is 2.19. The van der Waals surface area contributed by atoms with Gasteiger partial charge in [-0.15, -0.1) is 0 Å². The number of nitrogens with zero attached hydrogens (tertiary/aromatic N) is 2. The number of urea groups is 1. The summed E-state index contributed by atoms with van der Waals surface area (Å²) in [5.74, 6) is 0. The van der Waals surface area contributed by atoms with Crippen LogP contribution in [0.25, 0.3) is 0 Å². The number of nitrogens with one attached hydrogen (secondary N) is 2. The predicted molar refractivity (Wildman–Crippen MR) is 101 cm³/mol. The summed E-state index contributed by atoms with van der Waals surface area (Å²) in [4.78, 5) is 16.2. The Morgan fingerprint density at radius 1 is 1.04 bits per heavy atom. The quantitative estimate of drug-likeness (QED) is 0.811. The second-order valence-electron chi connectivity index (χ2n) is 6.24. The highest BCUT2D eigenvalue weighted by Gasteiger charge is 2.22. The Labute approximate surface area is 154 Å². The first-order valence-corrected chi connectivity index (χ1v) is 9.71. The predicted octanol–water partition coefficient (Wildman–Crippen LogP) is 2.99. The Morgan fingerprint density at radius 2 is 1.62 bits per heavy atom. The van der Waals surface area contributed by atoms with Gasteiger partial charge < -0.3 is 10.6 Å². The second kappa shape index (κ2) is 8.29. The maximum absolute atomic E-state index is 12.4. The van der Waals surface area contributed by atoms with Crippen LogP contribution in [-0.2, 0) is 10.0 Å². The smallest absolute Gasteiger partial charge is 0.319 e. The minimum Gasteiger partial charge on any atom is -0.331 e. The van der Waals surface area contributed by atoms with E-state index < -0.39 is 10.0 Å². The molecule has 0 aliphatic rings. The van der Waals surface area contributed by atoms with E-state index in [1.54, 1.807) is 31.6 Å². The summed E-state index contributed by atoms with van der Waals surface area (Å²) in [6, 6.07) is 9.06. The molecular weight excluding hydrogens is 352 g/mol. The Kier molecular flexibility index (Phi) is 6.33. The van der Waals surface area contributed by atoms with Gasteiger partial charge in [0, 0.05) is 31.2 Å². The number of amides is 2. The number of pyridine rings is 1. The van der Waals surface area contributed by atoms with E-state index in [0.717, 1.165) is 5.56 Å². The molecule has 0 bridgehead atoms. The van der Waals surface area contributed by atoms with Crippen LogP contribution in [-0.4, -0.2) is 36.8 Å². The van der Waals surface area contributed by atoms with Gasteiger partial charge in [0.1, 0.15) is 0 Å². The molecule has 0 saturated heterocycles. The minimum atomic E-state index is -3.54. The third kappa shape index (κ3) is 4.80. The molecule has 0 spiro atoms. The Bertz CT molecular complexity index is 836. The Hall–Kier alpha value is -2.45. The van der Waals surface area contributed by atoms with Crippen LogP contribution in [0, 0.1) is 0 Å². The van der Waals surface area contributed by atoms with E-state index in [2.05, 4.69) is 15.6 Å². The number of hydrogen-bond donors (Lipinski definition) is 2. The molecule has 0 saturated carbocycles. The van der Waals surface area contributed by atoms with Crippen LogP contribution in [0.3, 0.4) is 0 Å². The Morgan fingerprint density at radius 3 is 2.15 bits per heavy atom. The van der Waals surface area contributed by atoms with E-state index >= 15 is 0 Å². The molecule has 26 heavy (non-hydrogen) atoms. The normalized spacial score (nSPS) is 12.8. The SMILES string of the molecule is CC(NC(=O)Nc1ccc(S(=O)(=O)N(C)C(C)C)cc1)c1ccncc1. The number of carbonyl (C=O) groups excluding carboxylic acids is 1. The van der Waals surface area contributed by atoms with Crippen molar-refractivity contribution in [3.05, 3.63) is 54.4 Å². The van der Waals surface area contributed by atoms with E-state index in [0.29, 0.717) is 5.69 Å². The van der Waals surface area contributed by atoms with E-state index in [1.807, 2.05) is 32.9 Å². The number of rotatable bonds is 6. The second-order valence-corrected chi connectivity index (χ2v) is 8.24. The van der Waals surface area contributed by atoms with Crippen molar-refractivity contribution in [1.82, 2.24) is 14.6 Å². The van der Waals surface area contributed by atoms with Gasteiger partial charge in [-0.05, 0) is 62.7 Å². The first kappa shape index (κ1) is 19.9. The number of benzene rings is 1. The molecule has 2 rings (SSSR count). The molecular formula is C18H24N4O3S. The molecule has 0 fully saturated rings. The van der Waals surface area contributed by atoms with Gasteiger partial charge in [-0.1, -0.05) is 0 Å². The zero-order chi connectivity index (χ0) is 19.3. The van der Waals surface area contributed by atoms with Gasteiger partial charge in [-0.25, -0.2) is 13.2 Å². The van der Waals surface area contributed by atoms with Crippen LogP contribution < -0.4 is 10.6 Å². The van der Waals surface area contributed by atoms with E-state index in [1.165, 1.54) is 16.4 Å². The third-order valence-electron chi connectivity index (χ3n) is 4.07. The summed E-state index contributed by atoms with van der Waals surface area (Å²) in [6.07, 6.45) is 3.33. The fourth-order valence-corrected chi connectivity index (χ4v) is 3.62. The van der Waals surface area contributed by atoms with Gasteiger partial charge in [0.05, 0.1) is 10.9 Å². The average Bonchev–Trinajstić information content (AvgIpc) is 2.62. The molecule has 1 atom stereocenters.